The maximum Gasteiger partial charge on any atom is 0.246 e. The molecule has 30 heavy (non-hydrogen) atoms. The molecule has 0 aliphatic carbocycles. The minimum atomic E-state index is -3.49. The van der Waals surface area contributed by atoms with Crippen molar-refractivity contribution in [2.24, 2.45) is 5.92 Å². The average molecular weight is 432 g/mol. The molecular formula is C22H33N5O2S. The molecule has 164 valence electrons. The Morgan fingerprint density at radius 1 is 0.967 bits per heavy atom. The molecule has 1 aromatic carbocycles. The molecule has 4 rings (SSSR count). The fraction of sp³-hybridized carbons (Fsp3) is 0.591. The number of aryl methyl sites for hydroxylation is 1. The van der Waals surface area contributed by atoms with Crippen molar-refractivity contribution in [2.75, 3.05) is 44.2 Å². The maximum absolute atomic E-state index is 13.3. The largest absolute Gasteiger partial charge is 0.369 e. The van der Waals surface area contributed by atoms with Gasteiger partial charge in [-0.25, -0.2) is 8.42 Å². The number of hydrogen-bond acceptors (Lipinski definition) is 5. The highest BCUT2D eigenvalue weighted by Crippen LogP contribution is 2.28. The summed E-state index contributed by atoms with van der Waals surface area (Å²) < 4.78 is 30.1. The molecule has 7 nitrogen and oxygen atoms in total. The lowest BCUT2D eigenvalue weighted by Crippen LogP contribution is -2.47. The van der Waals surface area contributed by atoms with Crippen LogP contribution in [-0.2, 0) is 16.7 Å². The second kappa shape index (κ2) is 8.69. The van der Waals surface area contributed by atoms with Crippen molar-refractivity contribution in [3.8, 4) is 0 Å². The monoisotopic (exact) mass is 431 g/mol. The second-order valence-electron chi connectivity index (χ2n) is 8.67. The van der Waals surface area contributed by atoms with Gasteiger partial charge in [-0.1, -0.05) is 25.1 Å². The molecule has 2 fully saturated rings. The van der Waals surface area contributed by atoms with Crippen LogP contribution in [0.15, 0.2) is 35.2 Å². The number of hydrogen-bond donors (Lipinski definition) is 0. The first-order chi connectivity index (χ1) is 14.4. The van der Waals surface area contributed by atoms with Gasteiger partial charge in [-0.15, -0.1) is 0 Å². The second-order valence-corrected chi connectivity index (χ2v) is 10.5. The predicted molar refractivity (Wildman–Crippen MR) is 119 cm³/mol. The van der Waals surface area contributed by atoms with E-state index in [1.807, 2.05) is 24.6 Å². The lowest BCUT2D eigenvalue weighted by atomic mass is 10.0. The zero-order valence-electron chi connectivity index (χ0n) is 18.3. The third kappa shape index (κ3) is 4.26. The number of para-hydroxylation sites is 1. The van der Waals surface area contributed by atoms with Gasteiger partial charge in [0.25, 0.3) is 0 Å². The van der Waals surface area contributed by atoms with Crippen LogP contribution in [0.25, 0.3) is 0 Å². The van der Waals surface area contributed by atoms with Crippen LogP contribution in [0.4, 0.5) is 5.69 Å². The molecule has 8 heteroatoms. The van der Waals surface area contributed by atoms with E-state index in [0.717, 1.165) is 44.7 Å². The van der Waals surface area contributed by atoms with Crippen molar-refractivity contribution >= 4 is 15.7 Å². The van der Waals surface area contributed by atoms with Gasteiger partial charge in [0.2, 0.25) is 10.0 Å². The highest BCUT2D eigenvalue weighted by Gasteiger charge is 2.33. The fourth-order valence-electron chi connectivity index (χ4n) is 4.52. The molecule has 0 amide bonds. The average Bonchev–Trinajstić information content (AvgIpc) is 3.03. The first kappa shape index (κ1) is 21.3. The molecule has 1 aromatic heterocycles. The van der Waals surface area contributed by atoms with Gasteiger partial charge in [-0.3, -0.25) is 9.58 Å². The van der Waals surface area contributed by atoms with E-state index in [4.69, 9.17) is 0 Å². The summed E-state index contributed by atoms with van der Waals surface area (Å²) in [7, 11) is -3.49. The van der Waals surface area contributed by atoms with Crippen LogP contribution in [-0.4, -0.2) is 66.7 Å². The summed E-state index contributed by atoms with van der Waals surface area (Å²) in [5, 5.41) is 4.61. The summed E-state index contributed by atoms with van der Waals surface area (Å²) in [6, 6.07) is 10.5. The highest BCUT2D eigenvalue weighted by molar-refractivity contribution is 7.89. The summed E-state index contributed by atoms with van der Waals surface area (Å²) in [6.07, 6.45) is 1.86. The van der Waals surface area contributed by atoms with Crippen molar-refractivity contribution in [3.05, 3.63) is 41.7 Å². The number of benzene rings is 1. The van der Waals surface area contributed by atoms with Gasteiger partial charge in [0.1, 0.15) is 4.90 Å². The Hall–Kier alpha value is -1.90. The van der Waals surface area contributed by atoms with Gasteiger partial charge in [-0.05, 0) is 44.7 Å². The van der Waals surface area contributed by atoms with Crippen LogP contribution in [0.3, 0.4) is 0 Å². The molecule has 2 aliphatic heterocycles. The number of sulfonamides is 1. The van der Waals surface area contributed by atoms with Gasteiger partial charge < -0.3 is 4.90 Å². The molecule has 0 spiro atoms. The molecule has 0 atom stereocenters. The van der Waals surface area contributed by atoms with E-state index in [-0.39, 0.29) is 0 Å². The molecule has 2 aromatic rings. The minimum absolute atomic E-state index is 0.403. The third-order valence-electron chi connectivity index (χ3n) is 6.48. The Kier molecular flexibility index (Phi) is 6.18. The number of piperidine rings is 1. The summed E-state index contributed by atoms with van der Waals surface area (Å²) in [4.78, 5) is 5.14. The molecule has 0 bridgehead atoms. The van der Waals surface area contributed by atoms with Gasteiger partial charge in [0.15, 0.2) is 0 Å². The molecule has 0 radical (unpaired) electrons. The quantitative estimate of drug-likeness (QED) is 0.728. The van der Waals surface area contributed by atoms with E-state index in [1.165, 1.54) is 5.69 Å². The maximum atomic E-state index is 13.3. The molecule has 2 aliphatic rings. The number of piperazine rings is 1. The molecule has 0 saturated carbocycles. The Morgan fingerprint density at radius 2 is 1.60 bits per heavy atom. The van der Waals surface area contributed by atoms with Crippen molar-refractivity contribution in [1.29, 1.82) is 0 Å². The third-order valence-corrected chi connectivity index (χ3v) is 8.63. The number of aromatic nitrogens is 2. The van der Waals surface area contributed by atoms with E-state index in [2.05, 4.69) is 46.1 Å². The van der Waals surface area contributed by atoms with Gasteiger partial charge >= 0.3 is 0 Å². The van der Waals surface area contributed by atoms with E-state index in [9.17, 15) is 8.42 Å². The summed E-state index contributed by atoms with van der Waals surface area (Å²) in [5.74, 6) is 0.593. The van der Waals surface area contributed by atoms with Crippen LogP contribution < -0.4 is 4.90 Å². The van der Waals surface area contributed by atoms with Gasteiger partial charge in [0.05, 0.1) is 18.1 Å². The van der Waals surface area contributed by atoms with Gasteiger partial charge in [-0.2, -0.15) is 9.40 Å². The lowest BCUT2D eigenvalue weighted by Gasteiger charge is -2.36. The Bertz CT molecular complexity index is 957. The van der Waals surface area contributed by atoms with Crippen molar-refractivity contribution in [3.63, 3.8) is 0 Å². The number of anilines is 1. The standard InChI is InChI=1S/C22H33N5O2S/c1-18-9-11-26(12-10-18)30(28,29)22-19(2)23-27(20(22)3)17-24-13-15-25(16-14-24)21-7-5-4-6-8-21/h4-8,18H,9-17H2,1-3H3. The number of rotatable bonds is 5. The normalized spacial score (nSPS) is 20.0. The van der Waals surface area contributed by atoms with Crippen LogP contribution in [0.2, 0.25) is 0 Å². The summed E-state index contributed by atoms with van der Waals surface area (Å²) in [5.41, 5.74) is 2.61. The fourth-order valence-corrected chi connectivity index (χ4v) is 6.36. The Morgan fingerprint density at radius 3 is 2.23 bits per heavy atom. The summed E-state index contributed by atoms with van der Waals surface area (Å²) in [6.45, 7) is 11.5. The van der Waals surface area contributed by atoms with Gasteiger partial charge in [0, 0.05) is 45.0 Å². The van der Waals surface area contributed by atoms with E-state index in [1.54, 1.807) is 4.31 Å². The predicted octanol–water partition coefficient (Wildman–Crippen LogP) is 2.70. The first-order valence-corrected chi connectivity index (χ1v) is 12.4. The number of nitrogens with zero attached hydrogens (tertiary/aromatic N) is 5. The summed E-state index contributed by atoms with van der Waals surface area (Å²) >= 11 is 0. The molecule has 0 N–H and O–H groups in total. The molecule has 2 saturated heterocycles. The van der Waals surface area contributed by atoms with Crippen molar-refractivity contribution < 1.29 is 8.42 Å². The zero-order valence-corrected chi connectivity index (χ0v) is 19.1. The SMILES string of the molecule is Cc1nn(CN2CCN(c3ccccc3)CC2)c(C)c1S(=O)(=O)N1CCC(C)CC1. The van der Waals surface area contributed by atoms with Crippen LogP contribution in [0.5, 0.6) is 0 Å². The van der Waals surface area contributed by atoms with E-state index >= 15 is 0 Å². The van der Waals surface area contributed by atoms with Crippen LogP contribution >= 0.6 is 0 Å². The first-order valence-electron chi connectivity index (χ1n) is 10.9. The highest BCUT2D eigenvalue weighted by atomic mass is 32.2. The smallest absolute Gasteiger partial charge is 0.246 e. The van der Waals surface area contributed by atoms with E-state index in [0.29, 0.717) is 36.3 Å². The topological polar surface area (TPSA) is 61.7 Å². The van der Waals surface area contributed by atoms with Crippen LogP contribution in [0.1, 0.15) is 31.2 Å². The molecule has 0 unspecified atom stereocenters. The Balaban J connectivity index is 1.44. The van der Waals surface area contributed by atoms with E-state index < -0.39 is 10.0 Å². The zero-order chi connectivity index (χ0) is 21.3. The minimum Gasteiger partial charge on any atom is -0.369 e. The Labute approximate surface area is 180 Å². The molecule has 3 heterocycles. The van der Waals surface area contributed by atoms with Crippen molar-refractivity contribution in [1.82, 2.24) is 19.0 Å². The lowest BCUT2D eigenvalue weighted by molar-refractivity contribution is 0.193. The molecular weight excluding hydrogens is 398 g/mol. The van der Waals surface area contributed by atoms with Crippen molar-refractivity contribution in [2.45, 2.75) is 45.2 Å². The van der Waals surface area contributed by atoms with Crippen LogP contribution in [0, 0.1) is 19.8 Å².